The number of carbonyl (C=O) groups excluding carboxylic acids is 3. The van der Waals surface area contributed by atoms with Crippen LogP contribution in [0.25, 0.3) is 0 Å². The quantitative estimate of drug-likeness (QED) is 0.524. The molecule has 1 atom stereocenters. The average molecular weight is 518 g/mol. The van der Waals surface area contributed by atoms with E-state index in [0.717, 1.165) is 56.8 Å². The molecule has 0 bridgehead atoms. The smallest absolute Gasteiger partial charge is 0.350 e. The van der Waals surface area contributed by atoms with Crippen molar-refractivity contribution < 1.29 is 27.6 Å². The van der Waals surface area contributed by atoms with Crippen LogP contribution in [0.5, 0.6) is 0 Å². The fourth-order valence-electron chi connectivity index (χ4n) is 4.97. The molecule has 198 valence electrons. The number of aromatic nitrogens is 1. The molecule has 2 fully saturated rings. The highest BCUT2D eigenvalue weighted by Gasteiger charge is 2.33. The minimum atomic E-state index is -4.55. The number of hydrogen-bond acceptors (Lipinski definition) is 5. The zero-order chi connectivity index (χ0) is 26.4. The maximum absolute atomic E-state index is 12.9. The molecule has 1 saturated carbocycles. The van der Waals surface area contributed by atoms with E-state index >= 15 is 0 Å². The van der Waals surface area contributed by atoms with Crippen molar-refractivity contribution in [3.05, 3.63) is 65.5 Å². The van der Waals surface area contributed by atoms with Crippen LogP contribution in [-0.2, 0) is 11.0 Å². The second-order valence-corrected chi connectivity index (χ2v) is 9.52. The van der Waals surface area contributed by atoms with Crippen molar-refractivity contribution >= 4 is 17.7 Å². The first-order valence-corrected chi connectivity index (χ1v) is 12.4. The number of alkyl halides is 3. The van der Waals surface area contributed by atoms with Gasteiger partial charge in [0.1, 0.15) is 0 Å². The lowest BCUT2D eigenvalue weighted by atomic mass is 9.90. The number of carbonyl (C=O) groups is 3. The number of nitrogens with one attached hydrogen (secondary N) is 3. The number of pyridine rings is 1. The molecule has 1 aliphatic heterocycles. The third kappa shape index (κ3) is 7.28. The molecule has 2 aliphatic rings. The van der Waals surface area contributed by atoms with E-state index in [2.05, 4.69) is 25.8 Å². The van der Waals surface area contributed by atoms with Gasteiger partial charge in [-0.3, -0.25) is 24.3 Å². The van der Waals surface area contributed by atoms with Crippen LogP contribution < -0.4 is 16.0 Å². The van der Waals surface area contributed by atoms with Crippen molar-refractivity contribution in [2.24, 2.45) is 0 Å². The Morgan fingerprint density at radius 1 is 0.892 bits per heavy atom. The van der Waals surface area contributed by atoms with Gasteiger partial charge in [-0.2, -0.15) is 13.2 Å². The van der Waals surface area contributed by atoms with Gasteiger partial charge in [-0.25, -0.2) is 0 Å². The van der Waals surface area contributed by atoms with E-state index in [9.17, 15) is 27.6 Å². The number of benzene rings is 1. The average Bonchev–Trinajstić information content (AvgIpc) is 3.36. The third-order valence-corrected chi connectivity index (χ3v) is 6.94. The predicted octanol–water partition coefficient (Wildman–Crippen LogP) is 2.76. The summed E-state index contributed by atoms with van der Waals surface area (Å²) in [5, 5.41) is 8.39. The van der Waals surface area contributed by atoms with E-state index in [1.54, 1.807) is 24.5 Å². The van der Waals surface area contributed by atoms with E-state index in [4.69, 9.17) is 0 Å². The number of hydrogen-bond donors (Lipinski definition) is 3. The molecule has 11 heteroatoms. The molecule has 3 amide bonds. The van der Waals surface area contributed by atoms with Crippen molar-refractivity contribution in [3.8, 4) is 0 Å². The van der Waals surface area contributed by atoms with Gasteiger partial charge in [0.05, 0.1) is 12.1 Å². The zero-order valence-corrected chi connectivity index (χ0v) is 20.3. The lowest BCUT2D eigenvalue weighted by Crippen LogP contribution is -2.46. The van der Waals surface area contributed by atoms with Crippen molar-refractivity contribution in [1.82, 2.24) is 25.8 Å². The Morgan fingerprint density at radius 3 is 2.32 bits per heavy atom. The van der Waals surface area contributed by atoms with Crippen LogP contribution in [0.3, 0.4) is 0 Å². The van der Waals surface area contributed by atoms with E-state index in [1.165, 1.54) is 6.07 Å². The maximum atomic E-state index is 12.9. The van der Waals surface area contributed by atoms with E-state index in [0.29, 0.717) is 18.2 Å². The van der Waals surface area contributed by atoms with Gasteiger partial charge in [0, 0.05) is 54.7 Å². The van der Waals surface area contributed by atoms with Crippen molar-refractivity contribution in [1.29, 1.82) is 0 Å². The summed E-state index contributed by atoms with van der Waals surface area (Å²) in [6, 6.07) is 7.94. The van der Waals surface area contributed by atoms with Crippen LogP contribution in [0, 0.1) is 0 Å². The molecule has 1 aliphatic carbocycles. The summed E-state index contributed by atoms with van der Waals surface area (Å²) in [5.74, 6) is -1.20. The van der Waals surface area contributed by atoms with Crippen LogP contribution >= 0.6 is 0 Å². The molecule has 3 N–H and O–H groups in total. The topological polar surface area (TPSA) is 103 Å². The first-order chi connectivity index (χ1) is 17.7. The lowest BCUT2D eigenvalue weighted by Gasteiger charge is -2.35. The summed E-state index contributed by atoms with van der Waals surface area (Å²) in [4.78, 5) is 43.2. The normalized spacial score (nSPS) is 22.3. The number of amides is 3. The van der Waals surface area contributed by atoms with Gasteiger partial charge in [0.25, 0.3) is 11.8 Å². The Labute approximate surface area is 213 Å². The van der Waals surface area contributed by atoms with E-state index in [1.807, 2.05) is 0 Å². The number of rotatable bonds is 7. The molecular weight excluding hydrogens is 487 g/mol. The van der Waals surface area contributed by atoms with Gasteiger partial charge in [-0.05, 0) is 62.4 Å². The highest BCUT2D eigenvalue weighted by atomic mass is 19.4. The Hall–Kier alpha value is -3.47. The maximum Gasteiger partial charge on any atom is 0.416 e. The third-order valence-electron chi connectivity index (χ3n) is 6.94. The van der Waals surface area contributed by atoms with Crippen molar-refractivity contribution in [3.63, 3.8) is 0 Å². The number of nitrogens with zero attached hydrogens (tertiary/aromatic N) is 2. The van der Waals surface area contributed by atoms with Gasteiger partial charge < -0.3 is 16.0 Å². The minimum Gasteiger partial charge on any atom is -0.350 e. The fourth-order valence-corrected chi connectivity index (χ4v) is 4.97. The molecule has 1 aromatic carbocycles. The Kier molecular flexibility index (Phi) is 8.42. The molecular formula is C26H30F3N5O3. The SMILES string of the molecule is O=C(CNC(=O)c1cccc(C(F)(F)F)c1)N[C@@H]1CCN(C2CCC(NC(=O)c3ccncc3)CC2)C1. The van der Waals surface area contributed by atoms with Crippen molar-refractivity contribution in [2.75, 3.05) is 19.6 Å². The summed E-state index contributed by atoms with van der Waals surface area (Å²) in [7, 11) is 0. The van der Waals surface area contributed by atoms with E-state index in [-0.39, 0.29) is 36.0 Å². The van der Waals surface area contributed by atoms with Crippen molar-refractivity contribution in [2.45, 2.75) is 56.4 Å². The Balaban J connectivity index is 1.16. The van der Waals surface area contributed by atoms with Gasteiger partial charge >= 0.3 is 6.18 Å². The lowest BCUT2D eigenvalue weighted by molar-refractivity contribution is -0.137. The van der Waals surface area contributed by atoms with Crippen LogP contribution in [0.15, 0.2) is 48.8 Å². The fraction of sp³-hybridized carbons (Fsp3) is 0.462. The summed E-state index contributed by atoms with van der Waals surface area (Å²) >= 11 is 0. The monoisotopic (exact) mass is 517 g/mol. The molecule has 1 aromatic heterocycles. The zero-order valence-electron chi connectivity index (χ0n) is 20.3. The van der Waals surface area contributed by atoms with Gasteiger partial charge in [0.15, 0.2) is 0 Å². The first-order valence-electron chi connectivity index (χ1n) is 12.4. The molecule has 0 unspecified atom stereocenters. The van der Waals surface area contributed by atoms with Gasteiger partial charge in [-0.1, -0.05) is 6.07 Å². The summed E-state index contributed by atoms with van der Waals surface area (Å²) in [6.07, 6.45) is 3.11. The minimum absolute atomic E-state index is 0.0536. The summed E-state index contributed by atoms with van der Waals surface area (Å²) in [6.45, 7) is 1.24. The highest BCUT2D eigenvalue weighted by molar-refractivity contribution is 5.96. The molecule has 2 heterocycles. The predicted molar refractivity (Wildman–Crippen MR) is 130 cm³/mol. The van der Waals surface area contributed by atoms with Crippen LogP contribution in [0.2, 0.25) is 0 Å². The molecule has 2 aromatic rings. The molecule has 0 radical (unpaired) electrons. The molecule has 0 spiro atoms. The Bertz CT molecular complexity index is 1100. The highest BCUT2D eigenvalue weighted by Crippen LogP contribution is 2.29. The standard InChI is InChI=1S/C26H30F3N5O3/c27-26(28,29)19-3-1-2-18(14-19)24(36)31-15-23(35)32-21-10-13-34(16-21)22-6-4-20(5-7-22)33-25(37)17-8-11-30-12-9-17/h1-3,8-9,11-12,14,20-22H,4-7,10,13,15-16H2,(H,31,36)(H,32,35)(H,33,37)/t20?,21-,22?/m1/s1. The molecule has 1 saturated heterocycles. The second kappa shape index (κ2) is 11.7. The van der Waals surface area contributed by atoms with Gasteiger partial charge in [0.2, 0.25) is 5.91 Å². The molecule has 37 heavy (non-hydrogen) atoms. The number of likely N-dealkylation sites (tertiary alicyclic amines) is 1. The summed E-state index contributed by atoms with van der Waals surface area (Å²) < 4.78 is 38.6. The number of halogens is 3. The Morgan fingerprint density at radius 2 is 1.62 bits per heavy atom. The first kappa shape index (κ1) is 26.6. The van der Waals surface area contributed by atoms with E-state index < -0.39 is 17.6 Å². The van der Waals surface area contributed by atoms with Crippen LogP contribution in [0.1, 0.15) is 58.4 Å². The van der Waals surface area contributed by atoms with Crippen LogP contribution in [-0.4, -0.2) is 65.4 Å². The second-order valence-electron chi connectivity index (χ2n) is 9.52. The van der Waals surface area contributed by atoms with Gasteiger partial charge in [-0.15, -0.1) is 0 Å². The largest absolute Gasteiger partial charge is 0.416 e. The summed E-state index contributed by atoms with van der Waals surface area (Å²) in [5.41, 5.74) is -0.468. The van der Waals surface area contributed by atoms with Crippen LogP contribution in [0.4, 0.5) is 13.2 Å². The molecule has 8 nitrogen and oxygen atoms in total. The molecule has 4 rings (SSSR count).